The highest BCUT2D eigenvalue weighted by atomic mass is 35.5. The Bertz CT molecular complexity index is 599. The minimum atomic E-state index is -4.92. The molecule has 21 heavy (non-hydrogen) atoms. The monoisotopic (exact) mass is 324 g/mol. The van der Waals surface area contributed by atoms with Crippen LogP contribution in [0.15, 0.2) is 12.3 Å². The molecule has 1 atom stereocenters. The number of aliphatic carboxylic acids is 1. The van der Waals surface area contributed by atoms with Gasteiger partial charge in [-0.15, -0.1) is 0 Å². The Labute approximate surface area is 122 Å². The number of halogens is 4. The molecule has 0 aromatic carbocycles. The number of carbonyl (C=O) groups excluding carboxylic acids is 1. The molecular weight excluding hydrogens is 313 g/mol. The molecule has 5 nitrogen and oxygen atoms in total. The summed E-state index contributed by atoms with van der Waals surface area (Å²) in [4.78, 5) is 24.2. The van der Waals surface area contributed by atoms with Crippen molar-refractivity contribution in [3.8, 4) is 0 Å². The average molecular weight is 325 g/mol. The first-order valence-corrected chi connectivity index (χ1v) is 6.37. The quantitative estimate of drug-likeness (QED) is 0.906. The van der Waals surface area contributed by atoms with Crippen molar-refractivity contribution in [1.82, 2.24) is 9.47 Å². The van der Waals surface area contributed by atoms with E-state index in [0.717, 1.165) is 4.90 Å². The van der Waals surface area contributed by atoms with E-state index in [-0.39, 0.29) is 17.3 Å². The zero-order valence-electron chi connectivity index (χ0n) is 10.9. The van der Waals surface area contributed by atoms with Crippen molar-refractivity contribution in [3.63, 3.8) is 0 Å². The number of rotatable bonds is 2. The number of amides is 1. The summed E-state index contributed by atoms with van der Waals surface area (Å²) in [5, 5.41) is 9.22. The molecule has 0 bridgehead atoms. The van der Waals surface area contributed by atoms with Gasteiger partial charge in [0.1, 0.15) is 5.69 Å². The van der Waals surface area contributed by atoms with Crippen molar-refractivity contribution < 1.29 is 27.9 Å². The van der Waals surface area contributed by atoms with E-state index >= 15 is 0 Å². The van der Waals surface area contributed by atoms with E-state index in [9.17, 15) is 22.8 Å². The van der Waals surface area contributed by atoms with Gasteiger partial charge in [-0.2, -0.15) is 13.2 Å². The van der Waals surface area contributed by atoms with Crippen LogP contribution in [0, 0.1) is 5.41 Å². The topological polar surface area (TPSA) is 62.5 Å². The number of carbonyl (C=O) groups is 2. The van der Waals surface area contributed by atoms with Crippen molar-refractivity contribution in [2.24, 2.45) is 12.5 Å². The second-order valence-electron chi connectivity index (χ2n) is 5.02. The van der Waals surface area contributed by atoms with Crippen LogP contribution in [0.4, 0.5) is 13.2 Å². The molecule has 0 spiro atoms. The molecule has 1 aliphatic rings. The van der Waals surface area contributed by atoms with Crippen molar-refractivity contribution >= 4 is 23.5 Å². The first kappa shape index (κ1) is 15.7. The van der Waals surface area contributed by atoms with E-state index in [1.165, 1.54) is 23.9 Å². The van der Waals surface area contributed by atoms with Crippen LogP contribution < -0.4 is 0 Å². The van der Waals surface area contributed by atoms with Crippen LogP contribution in [0.5, 0.6) is 0 Å². The standard InChI is InChI=1S/C12H12ClF3N2O3/c1-17-5-7(13)4-8(17)9(19)18-3-2-11(6-18,10(20)21)12(14,15)16/h4-5H,2-3,6H2,1H3,(H,20,21)/t11-/m1/s1. The van der Waals surface area contributed by atoms with Crippen LogP contribution >= 0.6 is 11.6 Å². The van der Waals surface area contributed by atoms with Gasteiger partial charge < -0.3 is 14.6 Å². The Morgan fingerprint density at radius 1 is 1.43 bits per heavy atom. The summed E-state index contributed by atoms with van der Waals surface area (Å²) in [6.45, 7) is -1.17. The Balaban J connectivity index is 2.28. The predicted octanol–water partition coefficient (Wildman–Crippen LogP) is 2.16. The molecular formula is C12H12ClF3N2O3. The van der Waals surface area contributed by atoms with E-state index < -0.39 is 36.4 Å². The Hall–Kier alpha value is -1.70. The normalized spacial score (nSPS) is 22.6. The lowest BCUT2D eigenvalue weighted by atomic mass is 9.86. The second-order valence-corrected chi connectivity index (χ2v) is 5.45. The van der Waals surface area contributed by atoms with Crippen LogP contribution in [-0.4, -0.2) is 45.7 Å². The smallest absolute Gasteiger partial charge is 0.406 e. The minimum Gasteiger partial charge on any atom is -0.481 e. The molecule has 1 aliphatic heterocycles. The van der Waals surface area contributed by atoms with Crippen LogP contribution in [0.1, 0.15) is 16.9 Å². The van der Waals surface area contributed by atoms with E-state index in [1.54, 1.807) is 0 Å². The number of hydrogen-bond donors (Lipinski definition) is 1. The lowest BCUT2D eigenvalue weighted by molar-refractivity contribution is -0.227. The van der Waals surface area contributed by atoms with Gasteiger partial charge >= 0.3 is 12.1 Å². The molecule has 1 aromatic rings. The van der Waals surface area contributed by atoms with E-state index in [2.05, 4.69) is 0 Å². The summed E-state index contributed by atoms with van der Waals surface area (Å²) >= 11 is 5.73. The zero-order valence-corrected chi connectivity index (χ0v) is 11.7. The number of carboxylic acid groups (broad SMARTS) is 1. The molecule has 0 aliphatic carbocycles. The molecule has 2 heterocycles. The number of aromatic nitrogens is 1. The molecule has 1 amide bonds. The molecule has 1 aromatic heterocycles. The van der Waals surface area contributed by atoms with Crippen molar-refractivity contribution in [2.45, 2.75) is 12.6 Å². The summed E-state index contributed by atoms with van der Waals surface area (Å²) in [7, 11) is 1.53. The fourth-order valence-electron chi connectivity index (χ4n) is 2.41. The highest BCUT2D eigenvalue weighted by Gasteiger charge is 2.64. The maximum Gasteiger partial charge on any atom is 0.406 e. The highest BCUT2D eigenvalue weighted by molar-refractivity contribution is 6.31. The van der Waals surface area contributed by atoms with E-state index in [0.29, 0.717) is 0 Å². The lowest BCUT2D eigenvalue weighted by Gasteiger charge is -2.27. The lowest BCUT2D eigenvalue weighted by Crippen LogP contribution is -2.47. The molecule has 1 saturated heterocycles. The van der Waals surface area contributed by atoms with Crippen LogP contribution in [0.25, 0.3) is 0 Å². The summed E-state index contributed by atoms with van der Waals surface area (Å²) in [5.74, 6) is -2.63. The number of aryl methyl sites for hydroxylation is 1. The number of alkyl halides is 3. The van der Waals surface area contributed by atoms with Crippen molar-refractivity contribution in [3.05, 3.63) is 23.0 Å². The molecule has 2 rings (SSSR count). The van der Waals surface area contributed by atoms with Gasteiger partial charge in [0.15, 0.2) is 5.41 Å². The van der Waals surface area contributed by atoms with Crippen LogP contribution in [0.2, 0.25) is 5.02 Å². The SMILES string of the molecule is Cn1cc(Cl)cc1C(=O)N1CC[C@@](C(=O)O)(C(F)(F)F)C1. The van der Waals surface area contributed by atoms with Gasteiger partial charge in [0.25, 0.3) is 5.91 Å². The Morgan fingerprint density at radius 3 is 2.43 bits per heavy atom. The summed E-state index contributed by atoms with van der Waals surface area (Å²) in [5.41, 5.74) is -2.79. The maximum atomic E-state index is 13.0. The molecule has 0 unspecified atom stereocenters. The fourth-order valence-corrected chi connectivity index (χ4v) is 2.66. The van der Waals surface area contributed by atoms with E-state index in [1.807, 2.05) is 0 Å². The zero-order chi connectivity index (χ0) is 16.0. The third kappa shape index (κ3) is 2.48. The second kappa shape index (κ2) is 4.94. The Morgan fingerprint density at radius 2 is 2.05 bits per heavy atom. The highest BCUT2D eigenvalue weighted by Crippen LogP contribution is 2.46. The summed E-state index contributed by atoms with van der Waals surface area (Å²) in [6, 6.07) is 1.33. The number of nitrogens with zero attached hydrogens (tertiary/aromatic N) is 2. The van der Waals surface area contributed by atoms with Crippen LogP contribution in [0.3, 0.4) is 0 Å². The summed E-state index contributed by atoms with van der Waals surface area (Å²) in [6.07, 6.45) is -4.13. The first-order valence-electron chi connectivity index (χ1n) is 6.00. The fraction of sp³-hybridized carbons (Fsp3) is 0.500. The Kier molecular flexibility index (Phi) is 3.69. The third-order valence-corrected chi connectivity index (χ3v) is 3.91. The van der Waals surface area contributed by atoms with Gasteiger partial charge in [-0.3, -0.25) is 9.59 Å². The molecule has 116 valence electrons. The maximum absolute atomic E-state index is 13.0. The predicted molar refractivity (Wildman–Crippen MR) is 67.1 cm³/mol. The molecule has 1 fully saturated rings. The molecule has 1 N–H and O–H groups in total. The van der Waals surface area contributed by atoms with Gasteiger partial charge in [-0.05, 0) is 12.5 Å². The van der Waals surface area contributed by atoms with Crippen molar-refractivity contribution in [2.75, 3.05) is 13.1 Å². The van der Waals surface area contributed by atoms with Gasteiger partial charge in [0, 0.05) is 26.3 Å². The van der Waals surface area contributed by atoms with Gasteiger partial charge in [0.05, 0.1) is 5.02 Å². The number of likely N-dealkylation sites (tertiary alicyclic amines) is 1. The van der Waals surface area contributed by atoms with Gasteiger partial charge in [0.2, 0.25) is 0 Å². The van der Waals surface area contributed by atoms with Crippen LogP contribution in [-0.2, 0) is 11.8 Å². The number of carboxylic acids is 1. The first-order chi connectivity index (χ1) is 9.58. The molecule has 0 radical (unpaired) electrons. The van der Waals surface area contributed by atoms with Gasteiger partial charge in [-0.1, -0.05) is 11.6 Å². The van der Waals surface area contributed by atoms with Crippen molar-refractivity contribution in [1.29, 1.82) is 0 Å². The van der Waals surface area contributed by atoms with E-state index in [4.69, 9.17) is 16.7 Å². The summed E-state index contributed by atoms with van der Waals surface area (Å²) < 4.78 is 40.5. The molecule has 0 saturated carbocycles. The largest absolute Gasteiger partial charge is 0.481 e. The number of hydrogen-bond acceptors (Lipinski definition) is 2. The minimum absolute atomic E-state index is 0.114. The molecule has 9 heteroatoms. The average Bonchev–Trinajstić information content (AvgIpc) is 2.92. The van der Waals surface area contributed by atoms with Gasteiger partial charge in [-0.25, -0.2) is 0 Å². The third-order valence-electron chi connectivity index (χ3n) is 3.70.